The van der Waals surface area contributed by atoms with Crippen molar-refractivity contribution in [1.82, 2.24) is 0 Å². The van der Waals surface area contributed by atoms with Crippen LogP contribution in [0, 0.1) is 0 Å². The largest absolute Gasteiger partial charge is 0.493 e. The molecule has 0 radical (unpaired) electrons. The summed E-state index contributed by atoms with van der Waals surface area (Å²) in [6, 6.07) is 15.7. The van der Waals surface area contributed by atoms with Crippen LogP contribution in [0.5, 0.6) is 5.75 Å². The highest BCUT2D eigenvalue weighted by molar-refractivity contribution is 6.30. The molecule has 0 aliphatic rings. The van der Waals surface area contributed by atoms with Crippen LogP contribution in [-0.4, -0.2) is 13.2 Å². The third-order valence-corrected chi connectivity index (χ3v) is 2.86. The number of hydrogen-bond acceptors (Lipinski definition) is 2. The normalized spacial score (nSPS) is 9.79. The molecule has 2 aromatic rings. The molecule has 0 spiro atoms. The van der Waals surface area contributed by atoms with Crippen molar-refractivity contribution in [3.8, 4) is 16.9 Å². The summed E-state index contributed by atoms with van der Waals surface area (Å²) in [5.74, 6) is 0.869. The second kappa shape index (κ2) is 8.05. The molecule has 0 saturated carbocycles. The second-order valence-corrected chi connectivity index (χ2v) is 4.43. The van der Waals surface area contributed by atoms with Gasteiger partial charge in [-0.1, -0.05) is 41.9 Å². The molecule has 0 bridgehead atoms. The molecule has 0 fully saturated rings. The van der Waals surface area contributed by atoms with Crippen LogP contribution in [0.15, 0.2) is 48.5 Å². The highest BCUT2D eigenvalue weighted by atomic mass is 35.5. The molecule has 0 unspecified atom stereocenters. The Hall–Kier alpha value is -1.22. The van der Waals surface area contributed by atoms with Gasteiger partial charge in [-0.2, -0.15) is 0 Å². The number of ether oxygens (including phenoxy) is 1. The van der Waals surface area contributed by atoms with Gasteiger partial charge in [-0.05, 0) is 36.7 Å². The van der Waals surface area contributed by atoms with Gasteiger partial charge in [-0.3, -0.25) is 0 Å². The number of hydrogen-bond donors (Lipinski definition) is 1. The molecule has 0 aliphatic carbocycles. The monoisotopic (exact) mass is 297 g/mol. The third-order valence-electron chi connectivity index (χ3n) is 2.63. The van der Waals surface area contributed by atoms with Gasteiger partial charge in [0.1, 0.15) is 5.75 Å². The molecule has 19 heavy (non-hydrogen) atoms. The fraction of sp³-hybridized carbons (Fsp3) is 0.200. The molecule has 2 N–H and O–H groups in total. The Bertz CT molecular complexity index is 517. The van der Waals surface area contributed by atoms with E-state index >= 15 is 0 Å². The Balaban J connectivity index is 0.00000180. The quantitative estimate of drug-likeness (QED) is 0.841. The minimum absolute atomic E-state index is 0. The Labute approximate surface area is 124 Å². The lowest BCUT2D eigenvalue weighted by molar-refractivity contribution is 0.314. The predicted octanol–water partition coefficient (Wildman–Crippen LogP) is 4.16. The molecular formula is C15H17Cl2NO. The van der Waals surface area contributed by atoms with Crippen molar-refractivity contribution in [2.45, 2.75) is 6.42 Å². The molecule has 2 nitrogen and oxygen atoms in total. The molecule has 0 heterocycles. The zero-order valence-electron chi connectivity index (χ0n) is 10.5. The van der Waals surface area contributed by atoms with Crippen LogP contribution in [0.1, 0.15) is 6.42 Å². The van der Waals surface area contributed by atoms with Crippen LogP contribution in [0.4, 0.5) is 0 Å². The second-order valence-electron chi connectivity index (χ2n) is 4.00. The smallest absolute Gasteiger partial charge is 0.127 e. The summed E-state index contributed by atoms with van der Waals surface area (Å²) in [4.78, 5) is 0. The van der Waals surface area contributed by atoms with Gasteiger partial charge in [0.25, 0.3) is 0 Å². The first-order valence-corrected chi connectivity index (χ1v) is 6.37. The van der Waals surface area contributed by atoms with Crippen LogP contribution in [-0.2, 0) is 0 Å². The van der Waals surface area contributed by atoms with E-state index in [-0.39, 0.29) is 12.4 Å². The first kappa shape index (κ1) is 15.8. The van der Waals surface area contributed by atoms with Crippen molar-refractivity contribution in [2.75, 3.05) is 13.2 Å². The summed E-state index contributed by atoms with van der Waals surface area (Å²) in [5, 5.41) is 0.726. The zero-order valence-corrected chi connectivity index (χ0v) is 12.1. The van der Waals surface area contributed by atoms with Crippen LogP contribution < -0.4 is 10.5 Å². The SMILES string of the molecule is Cl.NCCCOc1ccccc1-c1cccc(Cl)c1. The Morgan fingerprint density at radius 3 is 2.58 bits per heavy atom. The highest BCUT2D eigenvalue weighted by Gasteiger charge is 2.05. The van der Waals surface area contributed by atoms with Gasteiger partial charge < -0.3 is 10.5 Å². The summed E-state index contributed by atoms with van der Waals surface area (Å²) in [6.45, 7) is 1.27. The van der Waals surface area contributed by atoms with Gasteiger partial charge in [0.05, 0.1) is 6.61 Å². The summed E-state index contributed by atoms with van der Waals surface area (Å²) >= 11 is 6.02. The van der Waals surface area contributed by atoms with E-state index in [0.29, 0.717) is 13.2 Å². The van der Waals surface area contributed by atoms with Crippen molar-refractivity contribution in [3.63, 3.8) is 0 Å². The molecule has 0 atom stereocenters. The van der Waals surface area contributed by atoms with Crippen molar-refractivity contribution in [1.29, 1.82) is 0 Å². The van der Waals surface area contributed by atoms with Crippen molar-refractivity contribution in [2.24, 2.45) is 5.73 Å². The molecule has 2 rings (SSSR count). The lowest BCUT2D eigenvalue weighted by Crippen LogP contribution is -2.06. The van der Waals surface area contributed by atoms with Gasteiger partial charge in [0, 0.05) is 10.6 Å². The summed E-state index contributed by atoms with van der Waals surface area (Å²) in [5.41, 5.74) is 7.58. The Morgan fingerprint density at radius 2 is 1.84 bits per heavy atom. The molecule has 0 saturated heterocycles. The van der Waals surface area contributed by atoms with E-state index in [0.717, 1.165) is 28.3 Å². The first-order chi connectivity index (χ1) is 8.81. The molecular weight excluding hydrogens is 281 g/mol. The van der Waals surface area contributed by atoms with E-state index < -0.39 is 0 Å². The predicted molar refractivity (Wildman–Crippen MR) is 83.3 cm³/mol. The Morgan fingerprint density at radius 1 is 1.05 bits per heavy atom. The van der Waals surface area contributed by atoms with Gasteiger partial charge in [0.15, 0.2) is 0 Å². The number of halogens is 2. The lowest BCUT2D eigenvalue weighted by Gasteiger charge is -2.11. The minimum Gasteiger partial charge on any atom is -0.493 e. The van der Waals surface area contributed by atoms with Gasteiger partial charge >= 0.3 is 0 Å². The van der Waals surface area contributed by atoms with E-state index in [1.54, 1.807) is 0 Å². The standard InChI is InChI=1S/C15H16ClNO.ClH/c16-13-6-3-5-12(11-13)14-7-1-2-8-15(14)18-10-4-9-17;/h1-3,5-8,11H,4,9-10,17H2;1H. The van der Waals surface area contributed by atoms with Crippen LogP contribution in [0.25, 0.3) is 11.1 Å². The van der Waals surface area contributed by atoms with Gasteiger partial charge in [0.2, 0.25) is 0 Å². The molecule has 2 aromatic carbocycles. The topological polar surface area (TPSA) is 35.2 Å². The molecule has 0 aliphatic heterocycles. The summed E-state index contributed by atoms with van der Waals surface area (Å²) in [6.07, 6.45) is 0.851. The first-order valence-electron chi connectivity index (χ1n) is 5.99. The van der Waals surface area contributed by atoms with Crippen LogP contribution in [0.3, 0.4) is 0 Å². The van der Waals surface area contributed by atoms with Gasteiger partial charge in [-0.15, -0.1) is 12.4 Å². The zero-order chi connectivity index (χ0) is 12.8. The van der Waals surface area contributed by atoms with E-state index in [2.05, 4.69) is 0 Å². The van der Waals surface area contributed by atoms with E-state index in [1.807, 2.05) is 48.5 Å². The van der Waals surface area contributed by atoms with Crippen molar-refractivity contribution in [3.05, 3.63) is 53.6 Å². The van der Waals surface area contributed by atoms with E-state index in [9.17, 15) is 0 Å². The highest BCUT2D eigenvalue weighted by Crippen LogP contribution is 2.31. The number of rotatable bonds is 5. The maximum atomic E-state index is 6.02. The molecule has 0 amide bonds. The average molecular weight is 298 g/mol. The third kappa shape index (κ3) is 4.43. The number of nitrogens with two attached hydrogens (primary N) is 1. The number of para-hydroxylation sites is 1. The van der Waals surface area contributed by atoms with Crippen LogP contribution in [0.2, 0.25) is 5.02 Å². The molecule has 4 heteroatoms. The Kier molecular flexibility index (Phi) is 6.71. The van der Waals surface area contributed by atoms with Crippen molar-refractivity contribution < 1.29 is 4.74 Å². The van der Waals surface area contributed by atoms with Crippen molar-refractivity contribution >= 4 is 24.0 Å². The molecule has 102 valence electrons. The maximum Gasteiger partial charge on any atom is 0.127 e. The fourth-order valence-electron chi connectivity index (χ4n) is 1.75. The molecule has 0 aromatic heterocycles. The van der Waals surface area contributed by atoms with Gasteiger partial charge in [-0.25, -0.2) is 0 Å². The maximum absolute atomic E-state index is 6.02. The lowest BCUT2D eigenvalue weighted by atomic mass is 10.0. The average Bonchev–Trinajstić information content (AvgIpc) is 2.40. The van der Waals surface area contributed by atoms with Crippen LogP contribution >= 0.6 is 24.0 Å². The summed E-state index contributed by atoms with van der Waals surface area (Å²) in [7, 11) is 0. The van der Waals surface area contributed by atoms with E-state index in [1.165, 1.54) is 0 Å². The number of benzene rings is 2. The summed E-state index contributed by atoms with van der Waals surface area (Å²) < 4.78 is 5.75. The fourth-order valence-corrected chi connectivity index (χ4v) is 1.94. The van der Waals surface area contributed by atoms with E-state index in [4.69, 9.17) is 22.1 Å². The minimum atomic E-state index is 0.